The van der Waals surface area contributed by atoms with Gasteiger partial charge in [-0.1, -0.05) is 12.1 Å². The number of methoxy groups -OCH3 is 1. The topological polar surface area (TPSA) is 87.9 Å². The van der Waals surface area contributed by atoms with Gasteiger partial charge < -0.3 is 14.2 Å². The van der Waals surface area contributed by atoms with Crippen LogP contribution < -0.4 is 0 Å². The molecule has 1 aliphatic rings. The molecule has 1 aromatic rings. The molecule has 0 aromatic heterocycles. The van der Waals surface area contributed by atoms with E-state index in [0.717, 1.165) is 0 Å². The van der Waals surface area contributed by atoms with Gasteiger partial charge in [0.15, 0.2) is 6.10 Å². The molecule has 1 aliphatic heterocycles. The lowest BCUT2D eigenvalue weighted by atomic mass is 10.0. The van der Waals surface area contributed by atoms with Crippen LogP contribution in [0.5, 0.6) is 0 Å². The van der Waals surface area contributed by atoms with Crippen molar-refractivity contribution >= 4 is 11.7 Å². The van der Waals surface area contributed by atoms with E-state index in [9.17, 15) is 14.9 Å². The lowest BCUT2D eigenvalue weighted by Crippen LogP contribution is -2.27. The number of nitrogens with zero attached hydrogens (tertiary/aromatic N) is 1. The molecule has 0 amide bonds. The van der Waals surface area contributed by atoms with E-state index in [1.54, 1.807) is 12.1 Å². The molecule has 1 aromatic carbocycles. The summed E-state index contributed by atoms with van der Waals surface area (Å²) in [7, 11) is 1.22. The number of nitro groups is 1. The number of carbonyl (C=O) groups is 1. The fourth-order valence-corrected chi connectivity index (χ4v) is 1.82. The van der Waals surface area contributed by atoms with Crippen molar-refractivity contribution < 1.29 is 23.9 Å². The molecule has 0 aliphatic carbocycles. The van der Waals surface area contributed by atoms with Gasteiger partial charge in [-0.25, -0.2) is 4.79 Å². The van der Waals surface area contributed by atoms with Crippen molar-refractivity contribution in [2.24, 2.45) is 0 Å². The van der Waals surface area contributed by atoms with E-state index in [-0.39, 0.29) is 12.5 Å². The van der Waals surface area contributed by atoms with Crippen molar-refractivity contribution in [2.75, 3.05) is 13.9 Å². The van der Waals surface area contributed by atoms with Crippen molar-refractivity contribution in [2.45, 2.75) is 12.2 Å². The number of esters is 1. The third-order valence-electron chi connectivity index (χ3n) is 2.64. The maximum absolute atomic E-state index is 11.5. The largest absolute Gasteiger partial charge is 0.467 e. The second-order valence-electron chi connectivity index (χ2n) is 3.63. The fraction of sp³-hybridized carbons (Fsp3) is 0.364. The van der Waals surface area contributed by atoms with Crippen LogP contribution in [0, 0.1) is 10.1 Å². The molecule has 2 atom stereocenters. The number of benzene rings is 1. The van der Waals surface area contributed by atoms with Gasteiger partial charge in [0.1, 0.15) is 12.9 Å². The molecule has 7 nitrogen and oxygen atoms in total. The normalized spacial score (nSPS) is 22.7. The van der Waals surface area contributed by atoms with Crippen LogP contribution in [-0.2, 0) is 19.0 Å². The van der Waals surface area contributed by atoms with Crippen molar-refractivity contribution in [3.05, 3.63) is 39.9 Å². The van der Waals surface area contributed by atoms with Crippen LogP contribution in [0.25, 0.3) is 0 Å². The Hall–Kier alpha value is -1.99. The highest BCUT2D eigenvalue weighted by molar-refractivity contribution is 5.76. The predicted molar refractivity (Wildman–Crippen MR) is 58.7 cm³/mol. The van der Waals surface area contributed by atoms with E-state index < -0.39 is 23.1 Å². The molecule has 96 valence electrons. The van der Waals surface area contributed by atoms with Gasteiger partial charge in [0.25, 0.3) is 5.69 Å². The van der Waals surface area contributed by atoms with Crippen molar-refractivity contribution in [3.8, 4) is 0 Å². The Kier molecular flexibility index (Phi) is 3.54. The van der Waals surface area contributed by atoms with Gasteiger partial charge in [0.2, 0.25) is 0 Å². The average Bonchev–Trinajstić information content (AvgIpc) is 2.86. The van der Waals surface area contributed by atoms with Gasteiger partial charge >= 0.3 is 5.97 Å². The summed E-state index contributed by atoms with van der Waals surface area (Å²) in [6, 6.07) is 6.07. The molecule has 0 saturated carbocycles. The molecule has 18 heavy (non-hydrogen) atoms. The smallest absolute Gasteiger partial charge is 0.338 e. The quantitative estimate of drug-likeness (QED) is 0.456. The van der Waals surface area contributed by atoms with Gasteiger partial charge in [0, 0.05) is 6.07 Å². The molecular formula is C11H11NO6. The fourth-order valence-electron chi connectivity index (χ4n) is 1.82. The predicted octanol–water partition coefficient (Wildman–Crippen LogP) is 1.18. The molecule has 7 heteroatoms. The highest BCUT2D eigenvalue weighted by Crippen LogP contribution is 2.34. The molecule has 2 rings (SSSR count). The summed E-state index contributed by atoms with van der Waals surface area (Å²) in [5, 5.41) is 10.9. The van der Waals surface area contributed by atoms with E-state index in [0.29, 0.717) is 5.56 Å². The standard InChI is InChI=1S/C11H11NO6/c1-16-11(13)10-9(17-6-18-10)7-4-2-3-5-8(7)12(14)15/h2-5,9-10H,6H2,1H3/t9-,10+/m0/s1. The average molecular weight is 253 g/mol. The highest BCUT2D eigenvalue weighted by Gasteiger charge is 2.40. The molecule has 1 fully saturated rings. The second-order valence-corrected chi connectivity index (χ2v) is 3.63. The maximum Gasteiger partial charge on any atom is 0.338 e. The molecule has 1 saturated heterocycles. The summed E-state index contributed by atoms with van der Waals surface area (Å²) >= 11 is 0. The third kappa shape index (κ3) is 2.18. The number of hydrogen-bond acceptors (Lipinski definition) is 6. The van der Waals surface area contributed by atoms with Crippen LogP contribution >= 0.6 is 0 Å². The summed E-state index contributed by atoms with van der Waals surface area (Å²) < 4.78 is 14.9. The summed E-state index contributed by atoms with van der Waals surface area (Å²) in [5.74, 6) is -0.615. The zero-order valence-corrected chi connectivity index (χ0v) is 9.57. The van der Waals surface area contributed by atoms with E-state index in [1.165, 1.54) is 19.2 Å². The molecule has 0 radical (unpaired) electrons. The molecule has 0 unspecified atom stereocenters. The SMILES string of the molecule is COC(=O)[C@@H]1OCO[C@H]1c1ccccc1[N+](=O)[O-]. The molecule has 0 N–H and O–H groups in total. The number of nitro benzene ring substituents is 1. The first-order valence-electron chi connectivity index (χ1n) is 5.19. The molecular weight excluding hydrogens is 242 g/mol. The first-order valence-corrected chi connectivity index (χ1v) is 5.19. The van der Waals surface area contributed by atoms with Crippen LogP contribution in [0.1, 0.15) is 11.7 Å². The lowest BCUT2D eigenvalue weighted by molar-refractivity contribution is -0.386. The number of hydrogen-bond donors (Lipinski definition) is 0. The Balaban J connectivity index is 2.36. The Morgan fingerprint density at radius 3 is 2.83 bits per heavy atom. The molecule has 0 bridgehead atoms. The number of ether oxygens (including phenoxy) is 3. The Labute approximate surface area is 102 Å². The molecule has 0 spiro atoms. The highest BCUT2D eigenvalue weighted by atomic mass is 16.7. The minimum Gasteiger partial charge on any atom is -0.467 e. The van der Waals surface area contributed by atoms with E-state index in [2.05, 4.69) is 4.74 Å². The summed E-state index contributed by atoms with van der Waals surface area (Å²) in [5.41, 5.74) is 0.192. The van der Waals surface area contributed by atoms with Crippen molar-refractivity contribution in [1.82, 2.24) is 0 Å². The van der Waals surface area contributed by atoms with Gasteiger partial charge in [-0.15, -0.1) is 0 Å². The Morgan fingerprint density at radius 1 is 1.44 bits per heavy atom. The van der Waals surface area contributed by atoms with E-state index in [4.69, 9.17) is 9.47 Å². The van der Waals surface area contributed by atoms with Crippen molar-refractivity contribution in [1.29, 1.82) is 0 Å². The molecule has 1 heterocycles. The monoisotopic (exact) mass is 253 g/mol. The van der Waals surface area contributed by atoms with Crippen LogP contribution in [-0.4, -0.2) is 30.9 Å². The summed E-state index contributed by atoms with van der Waals surface area (Å²) in [4.78, 5) is 21.9. The van der Waals surface area contributed by atoms with Crippen LogP contribution in [0.2, 0.25) is 0 Å². The first kappa shape index (κ1) is 12.5. The van der Waals surface area contributed by atoms with Crippen LogP contribution in [0.15, 0.2) is 24.3 Å². The summed E-state index contributed by atoms with van der Waals surface area (Å²) in [6.07, 6.45) is -1.80. The Bertz CT molecular complexity index is 474. The minimum absolute atomic E-state index is 0.101. The second kappa shape index (κ2) is 5.11. The van der Waals surface area contributed by atoms with Crippen LogP contribution in [0.4, 0.5) is 5.69 Å². The van der Waals surface area contributed by atoms with E-state index >= 15 is 0 Å². The van der Waals surface area contributed by atoms with Crippen molar-refractivity contribution in [3.63, 3.8) is 0 Å². The van der Waals surface area contributed by atoms with Gasteiger partial charge in [-0.05, 0) is 6.07 Å². The third-order valence-corrected chi connectivity index (χ3v) is 2.64. The van der Waals surface area contributed by atoms with Gasteiger partial charge in [-0.2, -0.15) is 0 Å². The van der Waals surface area contributed by atoms with Crippen LogP contribution in [0.3, 0.4) is 0 Å². The number of carbonyl (C=O) groups excluding carboxylic acids is 1. The Morgan fingerprint density at radius 2 is 2.17 bits per heavy atom. The number of para-hydroxylation sites is 1. The minimum atomic E-state index is -0.976. The lowest BCUT2D eigenvalue weighted by Gasteiger charge is -2.14. The maximum atomic E-state index is 11.5. The van der Waals surface area contributed by atoms with Gasteiger partial charge in [0.05, 0.1) is 17.6 Å². The number of rotatable bonds is 3. The van der Waals surface area contributed by atoms with E-state index in [1.807, 2.05) is 0 Å². The summed E-state index contributed by atoms with van der Waals surface area (Å²) in [6.45, 7) is -0.101. The first-order chi connectivity index (χ1) is 8.65. The zero-order chi connectivity index (χ0) is 13.1. The zero-order valence-electron chi connectivity index (χ0n) is 9.57. The van der Waals surface area contributed by atoms with Gasteiger partial charge in [-0.3, -0.25) is 10.1 Å².